The molecule has 2 N–H and O–H groups in total. The van der Waals surface area contributed by atoms with E-state index in [1.807, 2.05) is 24.9 Å². The molecule has 0 bridgehead atoms. The third kappa shape index (κ3) is 6.92. The maximum absolute atomic E-state index is 14.1. The topological polar surface area (TPSA) is 113 Å². The highest BCUT2D eigenvalue weighted by Gasteiger charge is 2.34. The number of pyridine rings is 1. The van der Waals surface area contributed by atoms with Gasteiger partial charge in [0.2, 0.25) is 11.8 Å². The molecule has 3 aromatic heterocycles. The molecular formula is C32H32F3N9O2. The standard InChI is InChI=1S/C32H32F3N9O2/c1-20-6-7-21(29(45)38-23-9-8-22(26(16-23)32(33,34)35)19-44-13-11-42(2)12-14-44)15-27(20)46-30-25-18-37-43(3)28(25)40-31(41-30)39-24-5-4-10-36-17-24/h4-10,15-18H,11-14,19H2,1-3H3,(H,38,45)(H,39,40,41). The number of nitrogens with one attached hydrogen (secondary N) is 2. The van der Waals surface area contributed by atoms with E-state index in [9.17, 15) is 18.0 Å². The molecule has 1 amide bonds. The van der Waals surface area contributed by atoms with Crippen LogP contribution in [0.3, 0.4) is 0 Å². The molecule has 0 spiro atoms. The normalized spacial score (nSPS) is 14.4. The van der Waals surface area contributed by atoms with E-state index in [1.165, 1.54) is 18.2 Å². The number of anilines is 3. The van der Waals surface area contributed by atoms with E-state index in [1.54, 1.807) is 48.5 Å². The highest BCUT2D eigenvalue weighted by atomic mass is 19.4. The van der Waals surface area contributed by atoms with Crippen LogP contribution in [-0.2, 0) is 19.8 Å². The smallest absolute Gasteiger partial charge is 0.416 e. The number of nitrogens with zero attached hydrogens (tertiary/aromatic N) is 7. The molecule has 6 rings (SSSR count). The Hall–Kier alpha value is -5.08. The molecular weight excluding hydrogens is 599 g/mol. The summed E-state index contributed by atoms with van der Waals surface area (Å²) in [5.74, 6) is 0.207. The zero-order valence-corrected chi connectivity index (χ0v) is 25.5. The van der Waals surface area contributed by atoms with Gasteiger partial charge in [0, 0.05) is 57.2 Å². The molecule has 1 saturated heterocycles. The van der Waals surface area contributed by atoms with Gasteiger partial charge in [0.15, 0.2) is 5.65 Å². The molecule has 0 saturated carbocycles. The first-order valence-electron chi connectivity index (χ1n) is 14.6. The van der Waals surface area contributed by atoms with Crippen molar-refractivity contribution in [2.45, 2.75) is 19.6 Å². The number of amides is 1. The summed E-state index contributed by atoms with van der Waals surface area (Å²) in [7, 11) is 3.74. The summed E-state index contributed by atoms with van der Waals surface area (Å²) >= 11 is 0. The van der Waals surface area contributed by atoms with Gasteiger partial charge in [0.1, 0.15) is 11.1 Å². The van der Waals surface area contributed by atoms with Crippen LogP contribution < -0.4 is 15.4 Å². The van der Waals surface area contributed by atoms with Crippen LogP contribution in [-0.4, -0.2) is 73.7 Å². The van der Waals surface area contributed by atoms with Crippen molar-refractivity contribution < 1.29 is 22.7 Å². The second-order valence-electron chi connectivity index (χ2n) is 11.2. The Morgan fingerprint density at radius 2 is 1.78 bits per heavy atom. The second kappa shape index (κ2) is 12.7. The molecule has 0 unspecified atom stereocenters. The monoisotopic (exact) mass is 631 g/mol. The van der Waals surface area contributed by atoms with Gasteiger partial charge in [-0.2, -0.15) is 28.2 Å². The summed E-state index contributed by atoms with van der Waals surface area (Å²) in [6.07, 6.45) is 0.280. The number of fused-ring (bicyclic) bond motifs is 1. The lowest BCUT2D eigenvalue weighted by Gasteiger charge is -2.33. The highest BCUT2D eigenvalue weighted by Crippen LogP contribution is 2.35. The van der Waals surface area contributed by atoms with Gasteiger partial charge in [-0.1, -0.05) is 12.1 Å². The molecule has 14 heteroatoms. The predicted molar refractivity (Wildman–Crippen MR) is 167 cm³/mol. The van der Waals surface area contributed by atoms with Crippen molar-refractivity contribution >= 4 is 34.3 Å². The molecule has 238 valence electrons. The number of aryl methyl sites for hydroxylation is 2. The Labute approximate surface area is 263 Å². The van der Waals surface area contributed by atoms with Gasteiger partial charge >= 0.3 is 6.18 Å². The first-order valence-corrected chi connectivity index (χ1v) is 14.6. The van der Waals surface area contributed by atoms with Gasteiger partial charge in [0.25, 0.3) is 5.91 Å². The van der Waals surface area contributed by atoms with E-state index in [0.717, 1.165) is 19.2 Å². The third-order valence-corrected chi connectivity index (χ3v) is 7.79. The van der Waals surface area contributed by atoms with Crippen LogP contribution in [0.15, 0.2) is 67.1 Å². The molecule has 0 radical (unpaired) electrons. The van der Waals surface area contributed by atoms with Gasteiger partial charge in [-0.15, -0.1) is 0 Å². The van der Waals surface area contributed by atoms with Crippen molar-refractivity contribution in [1.82, 2.24) is 34.5 Å². The number of carbonyl (C=O) groups is 1. The zero-order chi connectivity index (χ0) is 32.4. The maximum Gasteiger partial charge on any atom is 0.416 e. The molecule has 1 aliphatic heterocycles. The molecule has 46 heavy (non-hydrogen) atoms. The maximum atomic E-state index is 14.1. The number of likely N-dealkylation sites (N-methyl/N-ethyl adjacent to an activating group) is 1. The van der Waals surface area contributed by atoms with E-state index >= 15 is 0 Å². The van der Waals surface area contributed by atoms with Crippen molar-refractivity contribution in [3.63, 3.8) is 0 Å². The average Bonchev–Trinajstić information content (AvgIpc) is 3.40. The molecule has 2 aromatic carbocycles. The Kier molecular flexibility index (Phi) is 8.56. The average molecular weight is 632 g/mol. The van der Waals surface area contributed by atoms with Gasteiger partial charge in [-0.3, -0.25) is 19.4 Å². The Balaban J connectivity index is 1.23. The molecule has 1 fully saturated rings. The number of benzene rings is 2. The van der Waals surface area contributed by atoms with Crippen LogP contribution >= 0.6 is 0 Å². The molecule has 0 atom stereocenters. The van der Waals surface area contributed by atoms with E-state index in [4.69, 9.17) is 4.74 Å². The van der Waals surface area contributed by atoms with Crippen LogP contribution in [0.1, 0.15) is 27.0 Å². The Morgan fingerprint density at radius 1 is 0.978 bits per heavy atom. The summed E-state index contributed by atoms with van der Waals surface area (Å²) in [6.45, 7) is 4.96. The first kappa shape index (κ1) is 30.9. The predicted octanol–water partition coefficient (Wildman–Crippen LogP) is 5.62. The summed E-state index contributed by atoms with van der Waals surface area (Å²) in [5.41, 5.74) is 1.54. The van der Waals surface area contributed by atoms with Crippen LogP contribution in [0.5, 0.6) is 11.6 Å². The zero-order valence-electron chi connectivity index (χ0n) is 25.5. The van der Waals surface area contributed by atoms with Gasteiger partial charge in [0.05, 0.1) is 23.6 Å². The SMILES string of the molecule is Cc1ccc(C(=O)Nc2ccc(CN3CCN(C)CC3)c(C(F)(F)F)c2)cc1Oc1nc(Nc2cccnc2)nc2c1cnn2C. The van der Waals surface area contributed by atoms with Crippen LogP contribution in [0.2, 0.25) is 0 Å². The van der Waals surface area contributed by atoms with Gasteiger partial charge in [-0.05, 0) is 61.5 Å². The Bertz CT molecular complexity index is 1870. The summed E-state index contributed by atoms with van der Waals surface area (Å²) in [4.78, 5) is 30.6. The van der Waals surface area contributed by atoms with Crippen LogP contribution in [0.25, 0.3) is 11.0 Å². The van der Waals surface area contributed by atoms with Crippen molar-refractivity contribution in [3.8, 4) is 11.6 Å². The lowest BCUT2D eigenvalue weighted by Crippen LogP contribution is -2.44. The molecule has 1 aliphatic rings. The van der Waals surface area contributed by atoms with E-state index in [0.29, 0.717) is 41.1 Å². The minimum absolute atomic E-state index is 0.0430. The van der Waals surface area contributed by atoms with Crippen LogP contribution in [0, 0.1) is 6.92 Å². The van der Waals surface area contributed by atoms with Gasteiger partial charge in [-0.25, -0.2) is 0 Å². The van der Waals surface area contributed by atoms with Crippen molar-refractivity contribution in [2.75, 3.05) is 43.9 Å². The number of carbonyl (C=O) groups excluding carboxylic acids is 1. The lowest BCUT2D eigenvalue weighted by molar-refractivity contribution is -0.138. The summed E-state index contributed by atoms with van der Waals surface area (Å²) in [5, 5.41) is 10.5. The molecule has 5 aromatic rings. The van der Waals surface area contributed by atoms with E-state index < -0.39 is 17.6 Å². The van der Waals surface area contributed by atoms with E-state index in [2.05, 4.69) is 35.6 Å². The van der Waals surface area contributed by atoms with Crippen molar-refractivity contribution in [1.29, 1.82) is 0 Å². The third-order valence-electron chi connectivity index (χ3n) is 7.79. The number of hydrogen-bond acceptors (Lipinski definition) is 9. The van der Waals surface area contributed by atoms with Crippen molar-refractivity contribution in [3.05, 3.63) is 89.4 Å². The number of aromatic nitrogens is 5. The molecule has 4 heterocycles. The highest BCUT2D eigenvalue weighted by molar-refractivity contribution is 6.04. The number of piperazine rings is 1. The number of rotatable bonds is 8. The summed E-state index contributed by atoms with van der Waals surface area (Å²) < 4.78 is 50.1. The van der Waals surface area contributed by atoms with Crippen molar-refractivity contribution in [2.24, 2.45) is 7.05 Å². The minimum Gasteiger partial charge on any atom is -0.438 e. The fraction of sp³-hybridized carbons (Fsp3) is 0.281. The fourth-order valence-corrected chi connectivity index (χ4v) is 5.16. The first-order chi connectivity index (χ1) is 22.0. The van der Waals surface area contributed by atoms with Gasteiger partial charge < -0.3 is 20.3 Å². The molecule has 11 nitrogen and oxygen atoms in total. The summed E-state index contributed by atoms with van der Waals surface area (Å²) in [6, 6.07) is 12.3. The molecule has 0 aliphatic carbocycles. The number of hydrogen-bond donors (Lipinski definition) is 2. The largest absolute Gasteiger partial charge is 0.438 e. The number of halogens is 3. The Morgan fingerprint density at radius 3 is 2.52 bits per heavy atom. The van der Waals surface area contributed by atoms with E-state index in [-0.39, 0.29) is 35.2 Å². The number of alkyl halides is 3. The fourth-order valence-electron chi connectivity index (χ4n) is 5.16. The lowest BCUT2D eigenvalue weighted by atomic mass is 10.0. The van der Waals surface area contributed by atoms with Crippen LogP contribution in [0.4, 0.5) is 30.5 Å². The quantitative estimate of drug-likeness (QED) is 0.225. The minimum atomic E-state index is -4.58. The number of ether oxygens (including phenoxy) is 1. The second-order valence-corrected chi connectivity index (χ2v) is 11.2.